The summed E-state index contributed by atoms with van der Waals surface area (Å²) in [5, 5.41) is 9.15. The van der Waals surface area contributed by atoms with E-state index in [1.165, 1.54) is 12.7 Å². The molecule has 2 unspecified atom stereocenters. The summed E-state index contributed by atoms with van der Waals surface area (Å²) in [5.41, 5.74) is 2.24. The summed E-state index contributed by atoms with van der Waals surface area (Å²) in [4.78, 5) is 14.3. The Morgan fingerprint density at radius 2 is 1.96 bits per heavy atom. The zero-order valence-electron chi connectivity index (χ0n) is 15.5. The Labute approximate surface area is 160 Å². The molecule has 0 fully saturated rings. The zero-order chi connectivity index (χ0) is 19.1. The Morgan fingerprint density at radius 3 is 2.70 bits per heavy atom. The van der Waals surface area contributed by atoms with Crippen LogP contribution in [-0.2, 0) is 16.1 Å². The van der Waals surface area contributed by atoms with E-state index >= 15 is 0 Å². The molecule has 27 heavy (non-hydrogen) atoms. The van der Waals surface area contributed by atoms with Gasteiger partial charge >= 0.3 is 5.97 Å². The highest BCUT2D eigenvalue weighted by atomic mass is 16.5. The fraction of sp³-hybridized carbons (Fsp3) is 0.364. The predicted octanol–water partition coefficient (Wildman–Crippen LogP) is 3.72. The van der Waals surface area contributed by atoms with Crippen LogP contribution >= 0.6 is 0 Å². The number of nitrogens with zero attached hydrogens (tertiary/aromatic N) is 2. The van der Waals surface area contributed by atoms with E-state index in [-0.39, 0.29) is 24.3 Å². The van der Waals surface area contributed by atoms with Gasteiger partial charge in [0.25, 0.3) is 0 Å². The number of carbonyl (C=O) groups is 1. The van der Waals surface area contributed by atoms with Crippen molar-refractivity contribution in [1.82, 2.24) is 4.90 Å². The van der Waals surface area contributed by atoms with Crippen LogP contribution in [0.25, 0.3) is 0 Å². The summed E-state index contributed by atoms with van der Waals surface area (Å²) >= 11 is 0. The van der Waals surface area contributed by atoms with Crippen LogP contribution in [0.3, 0.4) is 0 Å². The highest BCUT2D eigenvalue weighted by Crippen LogP contribution is 2.41. The molecule has 0 aromatic heterocycles. The van der Waals surface area contributed by atoms with Gasteiger partial charge in [0.1, 0.15) is 5.75 Å². The number of methoxy groups -OCH3 is 1. The van der Waals surface area contributed by atoms with Crippen LogP contribution in [-0.4, -0.2) is 31.1 Å². The van der Waals surface area contributed by atoms with Gasteiger partial charge in [0, 0.05) is 37.0 Å². The largest absolute Gasteiger partial charge is 0.493 e. The molecule has 0 spiro atoms. The minimum atomic E-state index is -0.243. The maximum absolute atomic E-state index is 12.0. The monoisotopic (exact) mass is 364 g/mol. The summed E-state index contributed by atoms with van der Waals surface area (Å²) in [6.07, 6.45) is 0.713. The molecule has 5 nitrogen and oxygen atoms in total. The standard InChI is InChI=1S/C22H24N2O3/c1-26-21(25)14-18-16-27-20-11-6-5-10-19(20)22(18)24(13-7-12-23)15-17-8-3-2-4-9-17/h2-6,8-11,18,22H,7,13-16H2,1H3. The van der Waals surface area contributed by atoms with Crippen LogP contribution in [0.1, 0.15) is 30.0 Å². The van der Waals surface area contributed by atoms with Crippen LogP contribution in [0.4, 0.5) is 0 Å². The molecule has 1 aliphatic heterocycles. The zero-order valence-corrected chi connectivity index (χ0v) is 15.5. The second-order valence-corrected chi connectivity index (χ2v) is 6.70. The van der Waals surface area contributed by atoms with Crippen LogP contribution < -0.4 is 4.74 Å². The summed E-state index contributed by atoms with van der Waals surface area (Å²) in [7, 11) is 1.41. The number of hydrogen-bond acceptors (Lipinski definition) is 5. The third-order valence-electron chi connectivity index (χ3n) is 4.93. The Bertz CT molecular complexity index is 801. The summed E-state index contributed by atoms with van der Waals surface area (Å²) in [6.45, 7) is 1.79. The molecular formula is C22H24N2O3. The van der Waals surface area contributed by atoms with Crippen molar-refractivity contribution in [3.63, 3.8) is 0 Å². The van der Waals surface area contributed by atoms with E-state index in [1.807, 2.05) is 42.5 Å². The molecule has 1 heterocycles. The van der Waals surface area contributed by atoms with Crippen molar-refractivity contribution in [1.29, 1.82) is 5.26 Å². The quantitative estimate of drug-likeness (QED) is 0.701. The average Bonchev–Trinajstić information content (AvgIpc) is 2.71. The lowest BCUT2D eigenvalue weighted by molar-refractivity contribution is -0.143. The first-order chi connectivity index (χ1) is 13.2. The maximum atomic E-state index is 12.0. The third kappa shape index (κ3) is 4.66. The van der Waals surface area contributed by atoms with Gasteiger partial charge in [0.2, 0.25) is 0 Å². The van der Waals surface area contributed by atoms with Crippen LogP contribution in [0.15, 0.2) is 54.6 Å². The van der Waals surface area contributed by atoms with E-state index in [1.54, 1.807) is 0 Å². The number of esters is 1. The molecule has 2 atom stereocenters. The fourth-order valence-corrected chi connectivity index (χ4v) is 3.69. The molecule has 2 aromatic carbocycles. The van der Waals surface area contributed by atoms with E-state index in [4.69, 9.17) is 14.7 Å². The van der Waals surface area contributed by atoms with Gasteiger partial charge in [-0.15, -0.1) is 0 Å². The molecule has 0 amide bonds. The molecule has 0 saturated carbocycles. The Balaban J connectivity index is 1.95. The first kappa shape index (κ1) is 18.9. The molecule has 2 aromatic rings. The first-order valence-corrected chi connectivity index (χ1v) is 9.16. The number of para-hydroxylation sites is 1. The highest BCUT2D eigenvalue weighted by Gasteiger charge is 2.36. The lowest BCUT2D eigenvalue weighted by Crippen LogP contribution is -2.40. The molecule has 0 radical (unpaired) electrons. The van der Waals surface area contributed by atoms with Crippen molar-refractivity contribution in [2.75, 3.05) is 20.3 Å². The van der Waals surface area contributed by atoms with Crippen molar-refractivity contribution in [2.24, 2.45) is 5.92 Å². The molecule has 5 heteroatoms. The average molecular weight is 364 g/mol. The topological polar surface area (TPSA) is 62.6 Å². The van der Waals surface area contributed by atoms with Crippen LogP contribution in [0.5, 0.6) is 5.75 Å². The van der Waals surface area contributed by atoms with Crippen molar-refractivity contribution in [3.05, 3.63) is 65.7 Å². The number of hydrogen-bond donors (Lipinski definition) is 0. The Hall–Kier alpha value is -2.84. The van der Waals surface area contributed by atoms with Crippen LogP contribution in [0.2, 0.25) is 0 Å². The molecule has 1 aliphatic rings. The summed E-state index contributed by atoms with van der Waals surface area (Å²) < 4.78 is 10.8. The smallest absolute Gasteiger partial charge is 0.305 e. The molecule has 0 saturated heterocycles. The number of carbonyl (C=O) groups excluding carboxylic acids is 1. The minimum Gasteiger partial charge on any atom is -0.493 e. The van der Waals surface area contributed by atoms with E-state index in [0.717, 1.165) is 11.3 Å². The number of nitriles is 1. The third-order valence-corrected chi connectivity index (χ3v) is 4.93. The van der Waals surface area contributed by atoms with Gasteiger partial charge in [-0.1, -0.05) is 48.5 Å². The number of benzene rings is 2. The van der Waals surface area contributed by atoms with Crippen molar-refractivity contribution < 1.29 is 14.3 Å². The summed E-state index contributed by atoms with van der Waals surface area (Å²) in [5.74, 6) is 0.571. The van der Waals surface area contributed by atoms with Crippen LogP contribution in [0, 0.1) is 17.2 Å². The second kappa shape index (κ2) is 9.20. The Morgan fingerprint density at radius 1 is 1.22 bits per heavy atom. The molecule has 3 rings (SSSR count). The van der Waals surface area contributed by atoms with Gasteiger partial charge in [0.15, 0.2) is 0 Å². The molecule has 140 valence electrons. The lowest BCUT2D eigenvalue weighted by atomic mass is 9.86. The van der Waals surface area contributed by atoms with Gasteiger partial charge in [-0.2, -0.15) is 5.26 Å². The van der Waals surface area contributed by atoms with E-state index < -0.39 is 0 Å². The van der Waals surface area contributed by atoms with E-state index in [2.05, 4.69) is 23.1 Å². The summed E-state index contributed by atoms with van der Waals surface area (Å²) in [6, 6.07) is 20.4. The van der Waals surface area contributed by atoms with Crippen molar-refractivity contribution >= 4 is 5.97 Å². The minimum absolute atomic E-state index is 0.0115. The Kier molecular flexibility index (Phi) is 6.45. The number of rotatable bonds is 7. The van der Waals surface area contributed by atoms with E-state index in [0.29, 0.717) is 26.1 Å². The fourth-order valence-electron chi connectivity index (χ4n) is 3.69. The van der Waals surface area contributed by atoms with Crippen molar-refractivity contribution in [3.8, 4) is 11.8 Å². The van der Waals surface area contributed by atoms with Gasteiger partial charge in [-0.25, -0.2) is 0 Å². The predicted molar refractivity (Wildman–Crippen MR) is 102 cm³/mol. The SMILES string of the molecule is COC(=O)CC1COc2ccccc2C1N(CCC#N)Cc1ccccc1. The molecule has 0 N–H and O–H groups in total. The highest BCUT2D eigenvalue weighted by molar-refractivity contribution is 5.69. The maximum Gasteiger partial charge on any atom is 0.305 e. The van der Waals surface area contributed by atoms with Gasteiger partial charge in [-0.3, -0.25) is 9.69 Å². The first-order valence-electron chi connectivity index (χ1n) is 9.16. The van der Waals surface area contributed by atoms with Gasteiger partial charge < -0.3 is 9.47 Å². The lowest BCUT2D eigenvalue weighted by Gasteiger charge is -2.40. The molecule has 0 aliphatic carbocycles. The molecule has 0 bridgehead atoms. The van der Waals surface area contributed by atoms with Crippen molar-refractivity contribution in [2.45, 2.75) is 25.4 Å². The van der Waals surface area contributed by atoms with Gasteiger partial charge in [-0.05, 0) is 11.6 Å². The van der Waals surface area contributed by atoms with E-state index in [9.17, 15) is 4.79 Å². The molecular weight excluding hydrogens is 340 g/mol. The normalized spacial score (nSPS) is 18.3. The van der Waals surface area contributed by atoms with Gasteiger partial charge in [0.05, 0.1) is 26.2 Å². The number of ether oxygens (including phenoxy) is 2. The second-order valence-electron chi connectivity index (χ2n) is 6.70. The number of fused-ring (bicyclic) bond motifs is 1.